The van der Waals surface area contributed by atoms with Gasteiger partial charge in [0.15, 0.2) is 41.0 Å². The summed E-state index contributed by atoms with van der Waals surface area (Å²) in [4.78, 5) is 35.0. The number of hydrogen-bond acceptors (Lipinski definition) is 9. The molecule has 0 saturated heterocycles. The van der Waals surface area contributed by atoms with E-state index in [1.807, 2.05) is 0 Å². The van der Waals surface area contributed by atoms with Gasteiger partial charge in [-0.25, -0.2) is 27.9 Å². The molecule has 14 heteroatoms. The van der Waals surface area contributed by atoms with Gasteiger partial charge >= 0.3 is 5.69 Å². The molecular weight excluding hydrogens is 530 g/mol. The van der Waals surface area contributed by atoms with Crippen molar-refractivity contribution in [2.45, 2.75) is 13.5 Å². The highest BCUT2D eigenvalue weighted by molar-refractivity contribution is 6.34. The van der Waals surface area contributed by atoms with E-state index in [9.17, 15) is 18.4 Å². The molecular formula is C24H19ClF2N4O7. The Hall–Kier alpha value is -4.61. The standard InChI is InChI=1S/C24H19ClF2N4O7/c1-11-28-22-19(23(29-11)36-4)30-24(33)31(22)14-9-16(20(35-3)21(17(14)25)37-8-7-32)38-10-12-15(34-2)6-5-13(26)18(12)27/h5-6,8-9H,10H2,1-4H3,(H,30,33). The fraction of sp³-hybridized carbons (Fsp3) is 0.208. The molecule has 198 valence electrons. The highest BCUT2D eigenvalue weighted by Crippen LogP contribution is 2.47. The first-order chi connectivity index (χ1) is 18.2. The number of carbonyl (C=O) groups excluding carboxylic acids is 1. The Labute approximate surface area is 218 Å². The van der Waals surface area contributed by atoms with Gasteiger partial charge < -0.3 is 23.7 Å². The van der Waals surface area contributed by atoms with Crippen molar-refractivity contribution in [3.05, 3.63) is 63.0 Å². The number of halogens is 3. The molecule has 4 rings (SSSR count). The Bertz CT molecular complexity index is 1650. The average Bonchev–Trinajstić information content (AvgIpc) is 3.23. The monoisotopic (exact) mass is 548 g/mol. The first-order valence-electron chi connectivity index (χ1n) is 10.7. The van der Waals surface area contributed by atoms with Crippen LogP contribution >= 0.6 is 11.6 Å². The van der Waals surface area contributed by atoms with Crippen LogP contribution in [-0.2, 0) is 11.4 Å². The van der Waals surface area contributed by atoms with E-state index in [0.29, 0.717) is 6.26 Å². The van der Waals surface area contributed by atoms with E-state index < -0.39 is 23.9 Å². The number of hydrogen-bond donors (Lipinski definition) is 1. The molecule has 0 fully saturated rings. The molecule has 0 saturated carbocycles. The van der Waals surface area contributed by atoms with Crippen LogP contribution in [0.2, 0.25) is 5.02 Å². The van der Waals surface area contributed by atoms with Crippen LogP contribution in [0.15, 0.2) is 29.3 Å². The minimum atomic E-state index is -1.18. The lowest BCUT2D eigenvalue weighted by Gasteiger charge is -2.18. The molecule has 0 aliphatic rings. The molecule has 0 amide bonds. The summed E-state index contributed by atoms with van der Waals surface area (Å²) in [5, 5.41) is -0.173. The Balaban J connectivity index is 1.95. The third-order valence-electron chi connectivity index (χ3n) is 5.35. The molecule has 2 aromatic carbocycles. The van der Waals surface area contributed by atoms with Crippen LogP contribution in [0.5, 0.6) is 28.9 Å². The quantitative estimate of drug-likeness (QED) is 0.246. The van der Waals surface area contributed by atoms with E-state index in [1.165, 1.54) is 39.4 Å². The van der Waals surface area contributed by atoms with Crippen molar-refractivity contribution in [1.29, 1.82) is 0 Å². The van der Waals surface area contributed by atoms with Crippen LogP contribution in [0.1, 0.15) is 11.4 Å². The number of methoxy groups -OCH3 is 3. The van der Waals surface area contributed by atoms with Gasteiger partial charge in [-0.1, -0.05) is 11.6 Å². The van der Waals surface area contributed by atoms with Crippen molar-refractivity contribution >= 4 is 28.7 Å². The van der Waals surface area contributed by atoms with E-state index >= 15 is 0 Å². The molecule has 38 heavy (non-hydrogen) atoms. The van der Waals surface area contributed by atoms with Gasteiger partial charge in [-0.15, -0.1) is 0 Å². The zero-order valence-corrected chi connectivity index (χ0v) is 21.1. The van der Waals surface area contributed by atoms with Gasteiger partial charge in [0.2, 0.25) is 11.6 Å². The smallest absolute Gasteiger partial charge is 0.332 e. The molecule has 1 N–H and O–H groups in total. The van der Waals surface area contributed by atoms with Crippen LogP contribution in [0.4, 0.5) is 8.78 Å². The van der Waals surface area contributed by atoms with Crippen LogP contribution in [-0.4, -0.2) is 46.8 Å². The second-order valence-electron chi connectivity index (χ2n) is 7.50. The van der Waals surface area contributed by atoms with Gasteiger partial charge in [-0.2, -0.15) is 4.98 Å². The predicted octanol–water partition coefficient (Wildman–Crippen LogP) is 3.68. The number of aromatic nitrogens is 4. The third-order valence-corrected chi connectivity index (χ3v) is 5.71. The normalized spacial score (nSPS) is 10.7. The Morgan fingerprint density at radius 2 is 1.87 bits per heavy atom. The molecule has 0 spiro atoms. The van der Waals surface area contributed by atoms with E-state index in [1.54, 1.807) is 6.92 Å². The summed E-state index contributed by atoms with van der Waals surface area (Å²) in [5.41, 5.74) is -0.629. The SMILES string of the molecule is COc1ccc(F)c(F)c1COc1cc(-n2c(=O)[nH]c3c(OC)nc(C)nc32)c(Cl)c(OC=C=O)c1OC. The van der Waals surface area contributed by atoms with E-state index in [0.717, 1.165) is 10.6 Å². The van der Waals surface area contributed by atoms with E-state index in [4.69, 9.17) is 35.3 Å². The first-order valence-corrected chi connectivity index (χ1v) is 11.1. The predicted molar refractivity (Wildman–Crippen MR) is 130 cm³/mol. The minimum absolute atomic E-state index is 0.0140. The van der Waals surface area contributed by atoms with Crippen molar-refractivity contribution in [2.75, 3.05) is 21.3 Å². The van der Waals surface area contributed by atoms with Crippen molar-refractivity contribution in [3.8, 4) is 34.6 Å². The van der Waals surface area contributed by atoms with Crippen molar-refractivity contribution < 1.29 is 37.3 Å². The van der Waals surface area contributed by atoms with Crippen LogP contribution < -0.4 is 29.4 Å². The maximum atomic E-state index is 14.5. The third kappa shape index (κ3) is 4.60. The highest BCUT2D eigenvalue weighted by Gasteiger charge is 2.26. The van der Waals surface area contributed by atoms with Gasteiger partial charge in [0, 0.05) is 6.07 Å². The summed E-state index contributed by atoms with van der Waals surface area (Å²) >= 11 is 6.60. The number of aromatic amines is 1. The van der Waals surface area contributed by atoms with E-state index in [2.05, 4.69) is 15.0 Å². The molecule has 11 nitrogen and oxygen atoms in total. The van der Waals surface area contributed by atoms with Crippen LogP contribution in [0.3, 0.4) is 0 Å². The first kappa shape index (κ1) is 26.5. The summed E-state index contributed by atoms with van der Waals surface area (Å²) in [6, 6.07) is 3.46. The number of H-pyrrole nitrogens is 1. The summed E-state index contributed by atoms with van der Waals surface area (Å²) in [5.74, 6) is -0.853. The number of rotatable bonds is 9. The number of nitrogens with one attached hydrogen (secondary N) is 1. The molecule has 0 bridgehead atoms. The maximum absolute atomic E-state index is 14.5. The highest BCUT2D eigenvalue weighted by atomic mass is 35.5. The number of fused-ring (bicyclic) bond motifs is 1. The molecule has 0 aliphatic heterocycles. The minimum Gasteiger partial charge on any atom is -0.496 e. The van der Waals surface area contributed by atoms with Crippen molar-refractivity contribution in [1.82, 2.24) is 19.5 Å². The fourth-order valence-corrected chi connectivity index (χ4v) is 3.99. The number of nitrogens with zero attached hydrogens (tertiary/aromatic N) is 3. The number of ether oxygens (including phenoxy) is 5. The van der Waals surface area contributed by atoms with Crippen molar-refractivity contribution in [3.63, 3.8) is 0 Å². The second-order valence-corrected chi connectivity index (χ2v) is 7.88. The Morgan fingerprint density at radius 3 is 2.53 bits per heavy atom. The molecule has 0 radical (unpaired) electrons. The summed E-state index contributed by atoms with van der Waals surface area (Å²) in [6.45, 7) is 1.07. The number of aryl methyl sites for hydroxylation is 1. The van der Waals surface area contributed by atoms with Crippen LogP contribution in [0.25, 0.3) is 16.9 Å². The second kappa shape index (κ2) is 10.8. The Morgan fingerprint density at radius 1 is 1.11 bits per heavy atom. The van der Waals surface area contributed by atoms with Gasteiger partial charge in [-0.05, 0) is 19.1 Å². The lowest BCUT2D eigenvalue weighted by Crippen LogP contribution is -2.16. The van der Waals surface area contributed by atoms with Gasteiger partial charge in [0.1, 0.15) is 28.7 Å². The maximum Gasteiger partial charge on any atom is 0.332 e. The van der Waals surface area contributed by atoms with Crippen LogP contribution in [0, 0.1) is 18.6 Å². The summed E-state index contributed by atoms with van der Waals surface area (Å²) in [7, 11) is 3.93. The molecule has 0 unspecified atom stereocenters. The van der Waals surface area contributed by atoms with Gasteiger partial charge in [0.25, 0.3) is 0 Å². The summed E-state index contributed by atoms with van der Waals surface area (Å²) < 4.78 is 56.4. The lowest BCUT2D eigenvalue weighted by molar-refractivity contribution is 0.266. The Kier molecular flexibility index (Phi) is 7.51. The largest absolute Gasteiger partial charge is 0.496 e. The molecule has 2 heterocycles. The zero-order valence-electron chi connectivity index (χ0n) is 20.3. The fourth-order valence-electron chi connectivity index (χ4n) is 3.72. The number of benzene rings is 2. The molecule has 4 aromatic rings. The van der Waals surface area contributed by atoms with Crippen molar-refractivity contribution in [2.24, 2.45) is 0 Å². The summed E-state index contributed by atoms with van der Waals surface area (Å²) in [6.07, 6.45) is 0.667. The molecule has 0 aliphatic carbocycles. The zero-order chi connectivity index (χ0) is 27.6. The topological polar surface area (TPSA) is 127 Å². The van der Waals surface area contributed by atoms with Gasteiger partial charge in [-0.3, -0.25) is 4.98 Å². The van der Waals surface area contributed by atoms with Gasteiger partial charge in [0.05, 0.1) is 32.6 Å². The lowest BCUT2D eigenvalue weighted by atomic mass is 10.2. The average molecular weight is 549 g/mol. The molecule has 0 atom stereocenters. The van der Waals surface area contributed by atoms with E-state index in [-0.39, 0.29) is 62.1 Å². The number of imidazole rings is 1. The molecule has 2 aromatic heterocycles.